The van der Waals surface area contributed by atoms with E-state index >= 15 is 0 Å². The number of nitrogens with one attached hydrogen (secondary N) is 2. The zero-order valence-electron chi connectivity index (χ0n) is 16.7. The summed E-state index contributed by atoms with van der Waals surface area (Å²) in [6.07, 6.45) is 6.05. The van der Waals surface area contributed by atoms with Crippen LogP contribution in [0, 0.1) is 5.92 Å². The Morgan fingerprint density at radius 3 is 2.57 bits per heavy atom. The molecule has 1 aromatic rings. The molecule has 0 radical (unpaired) electrons. The van der Waals surface area contributed by atoms with E-state index in [0.29, 0.717) is 17.0 Å². The molecule has 7 nitrogen and oxygen atoms in total. The Morgan fingerprint density at radius 1 is 1.21 bits per heavy atom. The van der Waals surface area contributed by atoms with E-state index in [1.807, 2.05) is 12.1 Å². The van der Waals surface area contributed by atoms with Crippen LogP contribution in [0.15, 0.2) is 23.3 Å². The molecule has 1 saturated heterocycles. The van der Waals surface area contributed by atoms with Crippen LogP contribution in [0.1, 0.15) is 24.8 Å². The third-order valence-corrected chi connectivity index (χ3v) is 5.80. The van der Waals surface area contributed by atoms with Gasteiger partial charge in [-0.3, -0.25) is 14.7 Å². The average molecular weight is 407 g/mol. The van der Waals surface area contributed by atoms with Crippen molar-refractivity contribution in [2.75, 3.05) is 52.9 Å². The van der Waals surface area contributed by atoms with Gasteiger partial charge in [-0.1, -0.05) is 24.1 Å². The summed E-state index contributed by atoms with van der Waals surface area (Å²) < 4.78 is 0. The highest BCUT2D eigenvalue weighted by Crippen LogP contribution is 2.28. The number of carbonyl (C=O) groups excluding carboxylic acids is 1. The predicted octanol–water partition coefficient (Wildman–Crippen LogP) is 1.39. The molecule has 1 amide bonds. The van der Waals surface area contributed by atoms with Gasteiger partial charge in [-0.05, 0) is 30.9 Å². The minimum absolute atomic E-state index is 0.311. The summed E-state index contributed by atoms with van der Waals surface area (Å²) >= 11 is 5.81. The molecule has 1 aliphatic carbocycles. The van der Waals surface area contributed by atoms with E-state index < -0.39 is 0 Å². The number of nitrogens with zero attached hydrogens (tertiary/aromatic N) is 4. The second-order valence-electron chi connectivity index (χ2n) is 7.46. The Hall–Kier alpha value is -1.86. The number of aromatic nitrogens is 1. The molecule has 28 heavy (non-hydrogen) atoms. The second-order valence-corrected chi connectivity index (χ2v) is 7.85. The molecule has 0 aromatic carbocycles. The molecule has 2 heterocycles. The fourth-order valence-corrected chi connectivity index (χ4v) is 3.65. The lowest BCUT2D eigenvalue weighted by atomic mass is 9.84. The van der Waals surface area contributed by atoms with Gasteiger partial charge in [0.1, 0.15) is 5.15 Å². The highest BCUT2D eigenvalue weighted by atomic mass is 35.5. The van der Waals surface area contributed by atoms with Crippen LogP contribution in [-0.2, 0) is 11.2 Å². The molecule has 1 aromatic heterocycles. The number of hydrogen-bond donors (Lipinski definition) is 2. The first kappa shape index (κ1) is 20.9. The van der Waals surface area contributed by atoms with Gasteiger partial charge in [0.15, 0.2) is 5.96 Å². The van der Waals surface area contributed by atoms with E-state index in [1.54, 1.807) is 13.2 Å². The van der Waals surface area contributed by atoms with Crippen LogP contribution in [-0.4, -0.2) is 79.5 Å². The second kappa shape index (κ2) is 10.6. The molecule has 0 spiro atoms. The van der Waals surface area contributed by atoms with E-state index in [0.717, 1.165) is 76.6 Å². The molecule has 154 valence electrons. The molecular weight excluding hydrogens is 376 g/mol. The molecule has 0 unspecified atom stereocenters. The molecule has 1 aliphatic heterocycles. The summed E-state index contributed by atoms with van der Waals surface area (Å²) in [5, 5.41) is 7.20. The van der Waals surface area contributed by atoms with E-state index in [-0.39, 0.29) is 0 Å². The van der Waals surface area contributed by atoms with E-state index in [1.165, 1.54) is 6.42 Å². The third-order valence-electron chi connectivity index (χ3n) is 5.58. The van der Waals surface area contributed by atoms with Gasteiger partial charge in [0.05, 0.1) is 0 Å². The number of hydrogen-bond acceptors (Lipinski definition) is 4. The predicted molar refractivity (Wildman–Crippen MR) is 113 cm³/mol. The van der Waals surface area contributed by atoms with Gasteiger partial charge in [-0.2, -0.15) is 0 Å². The molecule has 1 saturated carbocycles. The Morgan fingerprint density at radius 2 is 1.96 bits per heavy atom. The smallest absolute Gasteiger partial charge is 0.225 e. The Kier molecular flexibility index (Phi) is 7.91. The molecule has 0 atom stereocenters. The van der Waals surface area contributed by atoms with Crippen LogP contribution in [0.25, 0.3) is 0 Å². The van der Waals surface area contributed by atoms with Gasteiger partial charge in [-0.15, -0.1) is 0 Å². The molecular formula is C20H31ClN6O. The maximum absolute atomic E-state index is 12.3. The first-order chi connectivity index (χ1) is 13.7. The van der Waals surface area contributed by atoms with Crippen LogP contribution in [0.4, 0.5) is 0 Å². The normalized spacial score (nSPS) is 18.6. The topological polar surface area (TPSA) is 72.9 Å². The molecule has 2 fully saturated rings. The van der Waals surface area contributed by atoms with Gasteiger partial charge in [0, 0.05) is 65.0 Å². The fraction of sp³-hybridized carbons (Fsp3) is 0.650. The van der Waals surface area contributed by atoms with Crippen molar-refractivity contribution in [3.05, 3.63) is 29.0 Å². The Bertz CT molecular complexity index is 653. The van der Waals surface area contributed by atoms with Crippen LogP contribution >= 0.6 is 11.6 Å². The number of halogens is 1. The molecule has 2 aliphatic rings. The van der Waals surface area contributed by atoms with Crippen molar-refractivity contribution in [1.29, 1.82) is 0 Å². The van der Waals surface area contributed by atoms with E-state index in [9.17, 15) is 4.79 Å². The molecule has 0 bridgehead atoms. The third kappa shape index (κ3) is 6.07. The lowest BCUT2D eigenvalue weighted by Crippen LogP contribution is -2.52. The number of rotatable bonds is 7. The zero-order chi connectivity index (χ0) is 19.8. The Balaban J connectivity index is 1.28. The zero-order valence-corrected chi connectivity index (χ0v) is 17.4. The standard InChI is InChI=1S/C20H31ClN6O/c1-22-20(23-8-7-16-5-6-18(21)25-15-16)24-9-10-26-11-13-27(14-12-26)19(28)17-3-2-4-17/h5-6,15,17H,2-4,7-14H2,1H3,(H2,22,23,24). The summed E-state index contributed by atoms with van der Waals surface area (Å²) in [4.78, 5) is 25.1. The fourth-order valence-electron chi connectivity index (χ4n) is 3.54. The maximum atomic E-state index is 12.3. The number of piperazine rings is 1. The van der Waals surface area contributed by atoms with Crippen molar-refractivity contribution in [3.63, 3.8) is 0 Å². The molecule has 3 rings (SSSR count). The first-order valence-electron chi connectivity index (χ1n) is 10.2. The summed E-state index contributed by atoms with van der Waals surface area (Å²) in [6, 6.07) is 3.80. The van der Waals surface area contributed by atoms with Crippen molar-refractivity contribution in [2.45, 2.75) is 25.7 Å². The van der Waals surface area contributed by atoms with E-state index in [4.69, 9.17) is 11.6 Å². The van der Waals surface area contributed by atoms with Crippen molar-refractivity contribution >= 4 is 23.5 Å². The number of guanidine groups is 1. The monoisotopic (exact) mass is 406 g/mol. The molecule has 8 heteroatoms. The molecule has 2 N–H and O–H groups in total. The van der Waals surface area contributed by atoms with Gasteiger partial charge in [-0.25, -0.2) is 4.98 Å². The minimum atomic E-state index is 0.311. The minimum Gasteiger partial charge on any atom is -0.356 e. The largest absolute Gasteiger partial charge is 0.356 e. The lowest BCUT2D eigenvalue weighted by Gasteiger charge is -2.38. The number of amides is 1. The highest BCUT2D eigenvalue weighted by molar-refractivity contribution is 6.29. The lowest BCUT2D eigenvalue weighted by molar-refractivity contribution is -0.139. The van der Waals surface area contributed by atoms with Gasteiger partial charge < -0.3 is 15.5 Å². The Labute approximate surface area is 172 Å². The van der Waals surface area contributed by atoms with Crippen LogP contribution < -0.4 is 10.6 Å². The first-order valence-corrected chi connectivity index (χ1v) is 10.6. The summed E-state index contributed by atoms with van der Waals surface area (Å²) in [5.41, 5.74) is 1.14. The number of carbonyl (C=O) groups is 1. The van der Waals surface area contributed by atoms with Gasteiger partial charge in [0.2, 0.25) is 5.91 Å². The summed E-state index contributed by atoms with van der Waals surface area (Å²) in [7, 11) is 1.78. The average Bonchev–Trinajstić information content (AvgIpc) is 2.67. The highest BCUT2D eigenvalue weighted by Gasteiger charge is 2.30. The summed E-state index contributed by atoms with van der Waals surface area (Å²) in [6.45, 7) is 6.19. The van der Waals surface area contributed by atoms with Crippen molar-refractivity contribution in [2.24, 2.45) is 10.9 Å². The van der Waals surface area contributed by atoms with Crippen LogP contribution in [0.2, 0.25) is 5.15 Å². The number of aliphatic imine (C=N–C) groups is 1. The SMILES string of the molecule is CN=C(NCCc1ccc(Cl)nc1)NCCN1CCN(C(=O)C2CCC2)CC1. The van der Waals surface area contributed by atoms with Crippen LogP contribution in [0.5, 0.6) is 0 Å². The van der Waals surface area contributed by atoms with E-state index in [2.05, 4.69) is 30.4 Å². The van der Waals surface area contributed by atoms with Crippen molar-refractivity contribution in [3.8, 4) is 0 Å². The maximum Gasteiger partial charge on any atom is 0.225 e. The van der Waals surface area contributed by atoms with Gasteiger partial charge in [0.25, 0.3) is 0 Å². The quantitative estimate of drug-likeness (QED) is 0.406. The van der Waals surface area contributed by atoms with Crippen molar-refractivity contribution in [1.82, 2.24) is 25.4 Å². The summed E-state index contributed by atoms with van der Waals surface area (Å²) in [5.74, 6) is 1.50. The number of pyridine rings is 1. The van der Waals surface area contributed by atoms with Gasteiger partial charge >= 0.3 is 0 Å². The van der Waals surface area contributed by atoms with Crippen LogP contribution in [0.3, 0.4) is 0 Å². The van der Waals surface area contributed by atoms with Crippen molar-refractivity contribution < 1.29 is 4.79 Å².